The second kappa shape index (κ2) is 7.88. The summed E-state index contributed by atoms with van der Waals surface area (Å²) in [6.45, 7) is 1.29. The number of hydrogen-bond donors (Lipinski definition) is 0. The third-order valence-electron chi connectivity index (χ3n) is 4.70. The van der Waals surface area contributed by atoms with Gasteiger partial charge < -0.3 is 9.32 Å². The first kappa shape index (κ1) is 17.7. The number of amides is 1. The van der Waals surface area contributed by atoms with Crippen LogP contribution in [0.2, 0.25) is 5.02 Å². The zero-order chi connectivity index (χ0) is 18.6. The lowest BCUT2D eigenvalue weighted by molar-refractivity contribution is 0.0691. The van der Waals surface area contributed by atoms with Crippen molar-refractivity contribution in [3.05, 3.63) is 77.0 Å². The van der Waals surface area contributed by atoms with Crippen LogP contribution >= 0.6 is 11.6 Å². The Morgan fingerprint density at radius 2 is 2.04 bits per heavy atom. The van der Waals surface area contributed by atoms with Gasteiger partial charge in [-0.15, -0.1) is 0 Å². The van der Waals surface area contributed by atoms with E-state index < -0.39 is 0 Å². The first-order chi connectivity index (χ1) is 13.2. The second-order valence-electron chi connectivity index (χ2n) is 6.65. The van der Waals surface area contributed by atoms with Crippen molar-refractivity contribution in [1.29, 1.82) is 0 Å². The molecule has 1 aromatic carbocycles. The van der Waals surface area contributed by atoms with Crippen LogP contribution in [0.15, 0.2) is 53.5 Å². The number of hydrogen-bond acceptors (Lipinski definition) is 5. The van der Waals surface area contributed by atoms with E-state index >= 15 is 0 Å². The molecule has 6 nitrogen and oxygen atoms in total. The quantitative estimate of drug-likeness (QED) is 0.687. The Morgan fingerprint density at radius 1 is 1.19 bits per heavy atom. The summed E-state index contributed by atoms with van der Waals surface area (Å²) in [6, 6.07) is 7.69. The van der Waals surface area contributed by atoms with Crippen LogP contribution in [0.4, 0.5) is 0 Å². The predicted molar refractivity (Wildman–Crippen MR) is 101 cm³/mol. The van der Waals surface area contributed by atoms with E-state index in [0.29, 0.717) is 36.1 Å². The molecular formula is C20H19ClN4O2. The van der Waals surface area contributed by atoms with Gasteiger partial charge >= 0.3 is 0 Å². The summed E-state index contributed by atoms with van der Waals surface area (Å²) in [4.78, 5) is 27.0. The average molecular weight is 383 g/mol. The summed E-state index contributed by atoms with van der Waals surface area (Å²) in [5.41, 5.74) is 1.49. The van der Waals surface area contributed by atoms with Crippen LogP contribution in [0, 0.1) is 0 Å². The van der Waals surface area contributed by atoms with Crippen molar-refractivity contribution in [2.45, 2.75) is 25.2 Å². The molecule has 27 heavy (non-hydrogen) atoms. The molecule has 0 saturated carbocycles. The third-order valence-corrected chi connectivity index (χ3v) is 4.96. The summed E-state index contributed by atoms with van der Waals surface area (Å²) in [5, 5.41) is 0.715. The topological polar surface area (TPSA) is 72.1 Å². The number of oxazole rings is 1. The summed E-state index contributed by atoms with van der Waals surface area (Å²) in [5.74, 6) is 1.50. The lowest BCUT2D eigenvalue weighted by Crippen LogP contribution is -2.39. The molecule has 1 atom stereocenters. The number of likely N-dealkylation sites (tertiary alicyclic amines) is 1. The first-order valence-corrected chi connectivity index (χ1v) is 9.31. The Kier molecular flexibility index (Phi) is 5.16. The Labute approximate surface area is 162 Å². The number of aromatic nitrogens is 3. The molecule has 1 aliphatic rings. The molecule has 0 bridgehead atoms. The van der Waals surface area contributed by atoms with E-state index in [2.05, 4.69) is 15.0 Å². The molecule has 7 heteroatoms. The molecular weight excluding hydrogens is 364 g/mol. The maximum atomic E-state index is 12.6. The maximum absolute atomic E-state index is 12.6. The van der Waals surface area contributed by atoms with E-state index in [9.17, 15) is 4.79 Å². The third kappa shape index (κ3) is 4.17. The van der Waals surface area contributed by atoms with Gasteiger partial charge in [0.25, 0.3) is 5.91 Å². The van der Waals surface area contributed by atoms with Crippen LogP contribution in [-0.4, -0.2) is 38.8 Å². The van der Waals surface area contributed by atoms with Crippen molar-refractivity contribution in [3.63, 3.8) is 0 Å². The molecule has 138 valence electrons. The monoisotopic (exact) mass is 382 g/mol. The van der Waals surface area contributed by atoms with Crippen LogP contribution in [0.25, 0.3) is 0 Å². The minimum Gasteiger partial charge on any atom is -0.445 e. The maximum Gasteiger partial charge on any atom is 0.274 e. The fourth-order valence-corrected chi connectivity index (χ4v) is 3.46. The fraction of sp³-hybridized carbons (Fsp3) is 0.300. The minimum absolute atomic E-state index is 0.0957. The number of rotatable bonds is 4. The molecule has 1 amide bonds. The van der Waals surface area contributed by atoms with E-state index in [1.165, 1.54) is 12.4 Å². The molecule has 0 N–H and O–H groups in total. The van der Waals surface area contributed by atoms with Crippen LogP contribution in [0.3, 0.4) is 0 Å². The zero-order valence-corrected chi connectivity index (χ0v) is 15.5. The van der Waals surface area contributed by atoms with Gasteiger partial charge in [0.1, 0.15) is 11.5 Å². The van der Waals surface area contributed by atoms with Gasteiger partial charge in [0.2, 0.25) is 0 Å². The number of carbonyl (C=O) groups excluding carboxylic acids is 1. The van der Waals surface area contributed by atoms with Gasteiger partial charge in [-0.1, -0.05) is 23.7 Å². The van der Waals surface area contributed by atoms with Gasteiger partial charge in [0.15, 0.2) is 5.89 Å². The Bertz CT molecular complexity index is 911. The normalized spacial score (nSPS) is 17.1. The number of carbonyl (C=O) groups is 1. The van der Waals surface area contributed by atoms with Gasteiger partial charge in [-0.2, -0.15) is 0 Å². The molecule has 3 aromatic rings. The highest BCUT2D eigenvalue weighted by atomic mass is 35.5. The largest absolute Gasteiger partial charge is 0.445 e. The first-order valence-electron chi connectivity index (χ1n) is 8.93. The average Bonchev–Trinajstić information content (AvgIpc) is 3.18. The molecule has 0 aliphatic carbocycles. The van der Waals surface area contributed by atoms with E-state index in [4.69, 9.17) is 16.0 Å². The van der Waals surface area contributed by atoms with Crippen molar-refractivity contribution in [2.75, 3.05) is 13.1 Å². The van der Waals surface area contributed by atoms with Crippen molar-refractivity contribution in [2.24, 2.45) is 0 Å². The Morgan fingerprint density at radius 3 is 2.81 bits per heavy atom. The SMILES string of the molecule is O=C(c1cnccn1)N1CCC[C@@H](c2ncc(Cc3ccc(Cl)cc3)o2)C1. The summed E-state index contributed by atoms with van der Waals surface area (Å²) in [6.07, 6.45) is 8.89. The van der Waals surface area contributed by atoms with Crippen molar-refractivity contribution < 1.29 is 9.21 Å². The number of benzene rings is 1. The molecule has 0 radical (unpaired) electrons. The van der Waals surface area contributed by atoms with E-state index in [-0.39, 0.29) is 11.8 Å². The van der Waals surface area contributed by atoms with Crippen LogP contribution < -0.4 is 0 Å². The highest BCUT2D eigenvalue weighted by Gasteiger charge is 2.29. The molecule has 4 rings (SSSR count). The standard InChI is InChI=1S/C20H19ClN4O2/c21-16-5-3-14(4-6-16)10-17-11-24-19(27-17)15-2-1-9-25(13-15)20(26)18-12-22-7-8-23-18/h3-8,11-12,15H,1-2,9-10,13H2/t15-/m1/s1. The Hall–Kier alpha value is -2.73. The highest BCUT2D eigenvalue weighted by molar-refractivity contribution is 6.30. The fourth-order valence-electron chi connectivity index (χ4n) is 3.33. The molecule has 0 unspecified atom stereocenters. The van der Waals surface area contributed by atoms with Gasteiger partial charge in [-0.3, -0.25) is 9.78 Å². The van der Waals surface area contributed by atoms with E-state index in [1.807, 2.05) is 24.3 Å². The smallest absolute Gasteiger partial charge is 0.274 e. The summed E-state index contributed by atoms with van der Waals surface area (Å²) >= 11 is 5.93. The van der Waals surface area contributed by atoms with Crippen molar-refractivity contribution in [1.82, 2.24) is 19.9 Å². The Balaban J connectivity index is 1.43. The number of piperidine rings is 1. The zero-order valence-electron chi connectivity index (χ0n) is 14.7. The van der Waals surface area contributed by atoms with Gasteiger partial charge in [0, 0.05) is 36.9 Å². The van der Waals surface area contributed by atoms with E-state index in [1.54, 1.807) is 17.3 Å². The van der Waals surface area contributed by atoms with Crippen LogP contribution in [0.1, 0.15) is 46.5 Å². The summed E-state index contributed by atoms with van der Waals surface area (Å²) in [7, 11) is 0. The second-order valence-corrected chi connectivity index (χ2v) is 7.09. The van der Waals surface area contributed by atoms with Gasteiger partial charge in [-0.25, -0.2) is 9.97 Å². The molecule has 0 spiro atoms. The molecule has 1 aliphatic heterocycles. The van der Waals surface area contributed by atoms with Crippen molar-refractivity contribution in [3.8, 4) is 0 Å². The van der Waals surface area contributed by atoms with Crippen LogP contribution in [0.5, 0.6) is 0 Å². The highest BCUT2D eigenvalue weighted by Crippen LogP contribution is 2.28. The molecule has 3 heterocycles. The summed E-state index contributed by atoms with van der Waals surface area (Å²) < 4.78 is 5.98. The lowest BCUT2D eigenvalue weighted by Gasteiger charge is -2.30. The van der Waals surface area contributed by atoms with E-state index in [0.717, 1.165) is 24.2 Å². The molecule has 2 aromatic heterocycles. The number of halogens is 1. The predicted octanol–water partition coefficient (Wildman–Crippen LogP) is 3.73. The minimum atomic E-state index is -0.0965. The van der Waals surface area contributed by atoms with Gasteiger partial charge in [0.05, 0.1) is 18.3 Å². The molecule has 1 fully saturated rings. The van der Waals surface area contributed by atoms with Gasteiger partial charge in [-0.05, 0) is 30.5 Å². The number of nitrogens with zero attached hydrogens (tertiary/aromatic N) is 4. The van der Waals surface area contributed by atoms with Crippen molar-refractivity contribution >= 4 is 17.5 Å². The molecule has 1 saturated heterocycles. The van der Waals surface area contributed by atoms with Crippen LogP contribution in [-0.2, 0) is 6.42 Å². The lowest BCUT2D eigenvalue weighted by atomic mass is 9.98.